The molecule has 206 valence electrons. The van der Waals surface area contributed by atoms with E-state index < -0.39 is 34.6 Å². The second-order valence-corrected chi connectivity index (χ2v) is 9.49. The fourth-order valence-electron chi connectivity index (χ4n) is 4.33. The van der Waals surface area contributed by atoms with Gasteiger partial charge in [-0.25, -0.2) is 14.4 Å². The van der Waals surface area contributed by atoms with E-state index >= 15 is 0 Å². The van der Waals surface area contributed by atoms with Crippen LogP contribution in [0.25, 0.3) is 22.5 Å². The first-order chi connectivity index (χ1) is 19.1. The van der Waals surface area contributed by atoms with Crippen LogP contribution in [-0.2, 0) is 24.4 Å². The van der Waals surface area contributed by atoms with E-state index in [9.17, 15) is 27.2 Å². The Labute approximate surface area is 226 Å². The van der Waals surface area contributed by atoms with Gasteiger partial charge in [0.15, 0.2) is 0 Å². The Balaban J connectivity index is 1.48. The Bertz CT molecular complexity index is 1570. The molecule has 2 heterocycles. The molecule has 2 N–H and O–H groups in total. The summed E-state index contributed by atoms with van der Waals surface area (Å²) in [6, 6.07) is 11.4. The Morgan fingerprint density at radius 3 is 2.48 bits per heavy atom. The van der Waals surface area contributed by atoms with Crippen LogP contribution in [0.1, 0.15) is 41.0 Å². The van der Waals surface area contributed by atoms with Gasteiger partial charge >= 0.3 is 6.18 Å². The number of halogens is 4. The van der Waals surface area contributed by atoms with E-state index in [1.165, 1.54) is 30.2 Å². The molecule has 12 heteroatoms. The second kappa shape index (κ2) is 10.9. The zero-order valence-electron chi connectivity index (χ0n) is 21.3. The van der Waals surface area contributed by atoms with Crippen molar-refractivity contribution in [2.75, 3.05) is 5.32 Å². The predicted octanol–water partition coefficient (Wildman–Crippen LogP) is 5.17. The summed E-state index contributed by atoms with van der Waals surface area (Å²) in [5, 5.41) is 9.44. The van der Waals surface area contributed by atoms with Crippen molar-refractivity contribution in [3.05, 3.63) is 83.7 Å². The topological polar surface area (TPSA) is 102 Å². The molecule has 4 aromatic rings. The highest BCUT2D eigenvalue weighted by molar-refractivity contribution is 6.06. The van der Waals surface area contributed by atoms with Crippen molar-refractivity contribution < 1.29 is 27.2 Å². The van der Waals surface area contributed by atoms with Gasteiger partial charge in [-0.05, 0) is 37.5 Å². The van der Waals surface area contributed by atoms with Crippen molar-refractivity contribution in [1.29, 1.82) is 0 Å². The van der Waals surface area contributed by atoms with E-state index in [2.05, 4.69) is 25.7 Å². The first-order valence-corrected chi connectivity index (χ1v) is 12.5. The molecular weight excluding hydrogens is 528 g/mol. The lowest BCUT2D eigenvalue weighted by atomic mass is 9.93. The molecule has 1 saturated carbocycles. The lowest BCUT2D eigenvalue weighted by molar-refractivity contribution is -0.137. The van der Waals surface area contributed by atoms with Crippen LogP contribution in [-0.4, -0.2) is 37.6 Å². The van der Waals surface area contributed by atoms with Crippen LogP contribution < -0.4 is 10.6 Å². The maximum absolute atomic E-state index is 14.9. The lowest BCUT2D eigenvalue weighted by Gasteiger charge is -2.26. The monoisotopic (exact) mass is 552 g/mol. The molecule has 40 heavy (non-hydrogen) atoms. The Morgan fingerprint density at radius 1 is 1.10 bits per heavy atom. The minimum absolute atomic E-state index is 0.0679. The molecule has 2 amide bonds. The van der Waals surface area contributed by atoms with Crippen molar-refractivity contribution >= 4 is 17.5 Å². The van der Waals surface area contributed by atoms with E-state index in [4.69, 9.17) is 0 Å². The zero-order valence-corrected chi connectivity index (χ0v) is 21.3. The van der Waals surface area contributed by atoms with Gasteiger partial charge in [-0.3, -0.25) is 14.3 Å². The summed E-state index contributed by atoms with van der Waals surface area (Å²) < 4.78 is 57.4. The summed E-state index contributed by atoms with van der Waals surface area (Å²) in [5.74, 6) is -2.36. The quantitative estimate of drug-likeness (QED) is 0.308. The molecule has 0 bridgehead atoms. The number of hydrogen-bond acceptors (Lipinski definition) is 5. The van der Waals surface area contributed by atoms with Gasteiger partial charge in [-0.1, -0.05) is 30.3 Å². The van der Waals surface area contributed by atoms with Gasteiger partial charge in [0.1, 0.15) is 11.6 Å². The van der Waals surface area contributed by atoms with Crippen molar-refractivity contribution in [2.45, 2.75) is 37.9 Å². The van der Waals surface area contributed by atoms with Crippen molar-refractivity contribution in [1.82, 2.24) is 25.1 Å². The lowest BCUT2D eigenvalue weighted by Crippen LogP contribution is -2.40. The number of aryl methyl sites for hydroxylation is 1. The summed E-state index contributed by atoms with van der Waals surface area (Å²) >= 11 is 0. The van der Waals surface area contributed by atoms with Crippen molar-refractivity contribution in [3.63, 3.8) is 0 Å². The van der Waals surface area contributed by atoms with Gasteiger partial charge in [-0.2, -0.15) is 18.3 Å². The second-order valence-electron chi connectivity index (χ2n) is 9.49. The summed E-state index contributed by atoms with van der Waals surface area (Å²) in [7, 11) is 1.53. The number of nitrogens with zero attached hydrogens (tertiary/aromatic N) is 4. The number of amides is 2. The minimum atomic E-state index is -4.88. The zero-order chi connectivity index (χ0) is 28.4. The molecule has 0 saturated heterocycles. The van der Waals surface area contributed by atoms with Crippen molar-refractivity contribution in [2.24, 2.45) is 7.05 Å². The SMILES string of the molecule is Cn1ccc(-c2cc(C(=O)Nc3cnc(CC(=O)NC4CCC4)nc3-c3ccccc3)c(F)cc2C(F)(F)F)n1. The van der Waals surface area contributed by atoms with Gasteiger partial charge < -0.3 is 10.6 Å². The van der Waals surface area contributed by atoms with Crippen LogP contribution in [0.15, 0.2) is 60.9 Å². The molecule has 8 nitrogen and oxygen atoms in total. The van der Waals surface area contributed by atoms with Crippen LogP contribution in [0.2, 0.25) is 0 Å². The number of hydrogen-bond donors (Lipinski definition) is 2. The molecule has 5 rings (SSSR count). The molecule has 0 spiro atoms. The van der Waals surface area contributed by atoms with Crippen LogP contribution in [0, 0.1) is 5.82 Å². The number of carbonyl (C=O) groups is 2. The number of anilines is 1. The molecule has 0 aliphatic heterocycles. The molecule has 2 aromatic heterocycles. The summed E-state index contributed by atoms with van der Waals surface area (Å²) in [5.41, 5.74) is -1.42. The molecule has 0 unspecified atom stereocenters. The number of carbonyl (C=O) groups excluding carboxylic acids is 2. The fraction of sp³-hybridized carbons (Fsp3) is 0.250. The fourth-order valence-corrected chi connectivity index (χ4v) is 4.33. The van der Waals surface area contributed by atoms with Gasteiger partial charge in [0.25, 0.3) is 5.91 Å². The van der Waals surface area contributed by atoms with Gasteiger partial charge in [0.05, 0.1) is 40.8 Å². The van der Waals surface area contributed by atoms with Crippen LogP contribution in [0.3, 0.4) is 0 Å². The number of alkyl halides is 3. The third-order valence-electron chi connectivity index (χ3n) is 6.57. The molecular formula is C28H24F4N6O2. The van der Waals surface area contributed by atoms with E-state index in [1.54, 1.807) is 30.3 Å². The Morgan fingerprint density at radius 2 is 1.85 bits per heavy atom. The maximum atomic E-state index is 14.9. The van der Waals surface area contributed by atoms with Gasteiger partial charge in [0.2, 0.25) is 5.91 Å². The van der Waals surface area contributed by atoms with E-state index in [-0.39, 0.29) is 47.3 Å². The molecule has 0 radical (unpaired) electrons. The molecule has 1 fully saturated rings. The smallest absolute Gasteiger partial charge is 0.353 e. The highest BCUT2D eigenvalue weighted by Crippen LogP contribution is 2.38. The highest BCUT2D eigenvalue weighted by Gasteiger charge is 2.36. The van der Waals surface area contributed by atoms with Crippen LogP contribution in [0.4, 0.5) is 23.2 Å². The first-order valence-electron chi connectivity index (χ1n) is 12.5. The summed E-state index contributed by atoms with van der Waals surface area (Å²) in [6.07, 6.45) is 0.696. The maximum Gasteiger partial charge on any atom is 0.417 e. The highest BCUT2D eigenvalue weighted by atomic mass is 19.4. The molecule has 1 aliphatic carbocycles. The van der Waals surface area contributed by atoms with Crippen LogP contribution >= 0.6 is 0 Å². The Hall–Kier alpha value is -4.61. The number of benzene rings is 2. The molecule has 2 aromatic carbocycles. The standard InChI is InChI=1S/C28H24F4N6O2/c1-38-11-10-22(37-38)18-12-19(21(29)13-20(18)28(30,31)32)27(40)35-23-15-33-24(14-25(39)34-17-8-5-9-17)36-26(23)16-6-3-2-4-7-16/h2-4,6-7,10-13,15,17H,5,8-9,14H2,1H3,(H,34,39)(H,35,40). The number of rotatable bonds is 7. The summed E-state index contributed by atoms with van der Waals surface area (Å²) in [4.78, 5) is 34.3. The minimum Gasteiger partial charge on any atom is -0.353 e. The normalized spacial score (nSPS) is 13.5. The largest absolute Gasteiger partial charge is 0.417 e. The average Bonchev–Trinajstić information content (AvgIpc) is 3.33. The predicted molar refractivity (Wildman–Crippen MR) is 139 cm³/mol. The van der Waals surface area contributed by atoms with E-state index in [0.29, 0.717) is 5.56 Å². The summed E-state index contributed by atoms with van der Waals surface area (Å²) in [6.45, 7) is 0. The third kappa shape index (κ3) is 5.85. The number of aromatic nitrogens is 4. The van der Waals surface area contributed by atoms with E-state index in [0.717, 1.165) is 25.3 Å². The third-order valence-corrected chi connectivity index (χ3v) is 6.57. The first kappa shape index (κ1) is 27.0. The molecule has 1 aliphatic rings. The van der Waals surface area contributed by atoms with Crippen molar-refractivity contribution in [3.8, 4) is 22.5 Å². The van der Waals surface area contributed by atoms with E-state index in [1.807, 2.05) is 0 Å². The molecule has 0 atom stereocenters. The van der Waals surface area contributed by atoms with Gasteiger partial charge in [-0.15, -0.1) is 0 Å². The van der Waals surface area contributed by atoms with Crippen LogP contribution in [0.5, 0.6) is 0 Å². The number of nitrogens with one attached hydrogen (secondary N) is 2. The average molecular weight is 553 g/mol. The Kier molecular flexibility index (Phi) is 7.33. The van der Waals surface area contributed by atoms with Gasteiger partial charge in [0, 0.05) is 30.4 Å².